The van der Waals surface area contributed by atoms with E-state index in [9.17, 15) is 14.7 Å². The van der Waals surface area contributed by atoms with Gasteiger partial charge in [-0.25, -0.2) is 4.79 Å². The number of carboxylic acids is 1. The third-order valence-corrected chi connectivity index (χ3v) is 4.28. The van der Waals surface area contributed by atoms with Crippen molar-refractivity contribution in [3.63, 3.8) is 0 Å². The SMILES string of the molecule is CN(C(=O)Sc1nnnn1-c1ccccc1)c1ccccc1C(=O)O. The zero-order valence-corrected chi connectivity index (χ0v) is 13.9. The van der Waals surface area contributed by atoms with Crippen LogP contribution < -0.4 is 4.90 Å². The maximum absolute atomic E-state index is 12.6. The van der Waals surface area contributed by atoms with Crippen LogP contribution in [-0.2, 0) is 0 Å². The number of tetrazole rings is 1. The molecule has 0 aliphatic heterocycles. The number of anilines is 1. The van der Waals surface area contributed by atoms with Crippen molar-refractivity contribution in [2.75, 3.05) is 11.9 Å². The van der Waals surface area contributed by atoms with Crippen LogP contribution >= 0.6 is 11.8 Å². The number of carboxylic acid groups (broad SMARTS) is 1. The minimum Gasteiger partial charge on any atom is -0.478 e. The Morgan fingerprint density at radius 1 is 1.08 bits per heavy atom. The van der Waals surface area contributed by atoms with Gasteiger partial charge in [-0.15, -0.1) is 5.10 Å². The van der Waals surface area contributed by atoms with Crippen molar-refractivity contribution in [2.24, 2.45) is 0 Å². The van der Waals surface area contributed by atoms with Gasteiger partial charge in [-0.05, 0) is 34.7 Å². The summed E-state index contributed by atoms with van der Waals surface area (Å²) < 4.78 is 1.44. The molecule has 0 saturated carbocycles. The lowest BCUT2D eigenvalue weighted by atomic mass is 10.1. The quantitative estimate of drug-likeness (QED) is 0.718. The van der Waals surface area contributed by atoms with Crippen LogP contribution in [0.2, 0.25) is 0 Å². The molecule has 1 heterocycles. The third kappa shape index (κ3) is 3.50. The summed E-state index contributed by atoms with van der Waals surface area (Å²) in [7, 11) is 1.51. The molecule has 3 rings (SSSR count). The fraction of sp³-hybridized carbons (Fsp3) is 0.0625. The van der Waals surface area contributed by atoms with Crippen molar-refractivity contribution in [1.82, 2.24) is 20.2 Å². The van der Waals surface area contributed by atoms with E-state index in [1.807, 2.05) is 30.3 Å². The fourth-order valence-corrected chi connectivity index (χ4v) is 2.86. The van der Waals surface area contributed by atoms with Crippen LogP contribution in [0, 0.1) is 0 Å². The monoisotopic (exact) mass is 355 g/mol. The van der Waals surface area contributed by atoms with E-state index in [4.69, 9.17) is 0 Å². The van der Waals surface area contributed by atoms with Gasteiger partial charge in [0.2, 0.25) is 5.16 Å². The van der Waals surface area contributed by atoms with Crippen LogP contribution in [-0.4, -0.2) is 43.6 Å². The second-order valence-corrected chi connectivity index (χ2v) is 5.88. The lowest BCUT2D eigenvalue weighted by Crippen LogP contribution is -2.24. The number of amides is 1. The Kier molecular flexibility index (Phi) is 4.75. The van der Waals surface area contributed by atoms with Crippen molar-refractivity contribution in [1.29, 1.82) is 0 Å². The minimum atomic E-state index is -1.10. The predicted molar refractivity (Wildman–Crippen MR) is 92.2 cm³/mol. The first-order chi connectivity index (χ1) is 12.1. The van der Waals surface area contributed by atoms with E-state index < -0.39 is 11.2 Å². The molecule has 2 aromatic carbocycles. The van der Waals surface area contributed by atoms with Crippen LogP contribution in [0.5, 0.6) is 0 Å². The molecule has 9 heteroatoms. The minimum absolute atomic E-state index is 0.0431. The smallest absolute Gasteiger partial charge is 0.337 e. The maximum Gasteiger partial charge on any atom is 0.337 e. The van der Waals surface area contributed by atoms with Gasteiger partial charge in [-0.2, -0.15) is 4.68 Å². The molecule has 0 spiro atoms. The Balaban J connectivity index is 1.85. The van der Waals surface area contributed by atoms with E-state index in [-0.39, 0.29) is 10.7 Å². The van der Waals surface area contributed by atoms with Gasteiger partial charge < -0.3 is 10.0 Å². The molecule has 25 heavy (non-hydrogen) atoms. The fourth-order valence-electron chi connectivity index (χ4n) is 2.17. The summed E-state index contributed by atoms with van der Waals surface area (Å²) in [4.78, 5) is 25.1. The molecule has 0 bridgehead atoms. The first-order valence-corrected chi connectivity index (χ1v) is 8.01. The third-order valence-electron chi connectivity index (χ3n) is 3.39. The van der Waals surface area contributed by atoms with E-state index in [1.54, 1.807) is 18.2 Å². The summed E-state index contributed by atoms with van der Waals surface area (Å²) in [5.41, 5.74) is 1.06. The summed E-state index contributed by atoms with van der Waals surface area (Å²) in [5.74, 6) is -1.10. The Bertz CT molecular complexity index is 913. The highest BCUT2D eigenvalue weighted by Crippen LogP contribution is 2.26. The molecule has 0 atom stereocenters. The van der Waals surface area contributed by atoms with E-state index in [2.05, 4.69) is 15.5 Å². The van der Waals surface area contributed by atoms with E-state index in [1.165, 1.54) is 22.7 Å². The number of thioether (sulfide) groups is 1. The molecule has 1 N–H and O–H groups in total. The van der Waals surface area contributed by atoms with Crippen molar-refractivity contribution in [2.45, 2.75) is 5.16 Å². The molecule has 0 aliphatic carbocycles. The normalized spacial score (nSPS) is 10.4. The zero-order valence-electron chi connectivity index (χ0n) is 13.1. The molecular weight excluding hydrogens is 342 g/mol. The van der Waals surface area contributed by atoms with Gasteiger partial charge >= 0.3 is 5.97 Å². The maximum atomic E-state index is 12.6. The van der Waals surface area contributed by atoms with Gasteiger partial charge in [-0.1, -0.05) is 30.3 Å². The van der Waals surface area contributed by atoms with Crippen LogP contribution in [0.25, 0.3) is 5.69 Å². The number of hydrogen-bond donors (Lipinski definition) is 1. The molecule has 126 valence electrons. The van der Waals surface area contributed by atoms with Crippen molar-refractivity contribution < 1.29 is 14.7 Å². The van der Waals surface area contributed by atoms with Gasteiger partial charge in [0.05, 0.1) is 16.9 Å². The highest BCUT2D eigenvalue weighted by molar-refractivity contribution is 8.13. The number of para-hydroxylation sites is 2. The lowest BCUT2D eigenvalue weighted by molar-refractivity contribution is 0.0697. The molecular formula is C16H13N5O3S. The number of carbonyl (C=O) groups is 2. The molecule has 0 radical (unpaired) electrons. The Morgan fingerprint density at radius 2 is 1.76 bits per heavy atom. The van der Waals surface area contributed by atoms with Crippen LogP contribution in [0.1, 0.15) is 10.4 Å². The highest BCUT2D eigenvalue weighted by Gasteiger charge is 2.21. The average molecular weight is 355 g/mol. The topological polar surface area (TPSA) is 101 Å². The number of aromatic nitrogens is 4. The van der Waals surface area contributed by atoms with Crippen molar-refractivity contribution in [3.05, 3.63) is 60.2 Å². The summed E-state index contributed by atoms with van der Waals surface area (Å²) >= 11 is 0.816. The largest absolute Gasteiger partial charge is 0.478 e. The van der Waals surface area contributed by atoms with Gasteiger partial charge in [0.15, 0.2) is 0 Å². The number of benzene rings is 2. The predicted octanol–water partition coefficient (Wildman–Crippen LogP) is 2.71. The first-order valence-electron chi connectivity index (χ1n) is 7.19. The molecule has 8 nitrogen and oxygen atoms in total. The van der Waals surface area contributed by atoms with Crippen LogP contribution in [0.3, 0.4) is 0 Å². The number of nitrogens with zero attached hydrogens (tertiary/aromatic N) is 5. The summed E-state index contributed by atoms with van der Waals surface area (Å²) in [5, 5.41) is 20.5. The Labute approximate surface area is 147 Å². The van der Waals surface area contributed by atoms with Gasteiger partial charge in [0.25, 0.3) is 5.24 Å². The van der Waals surface area contributed by atoms with E-state index in [0.717, 1.165) is 17.4 Å². The molecule has 3 aromatic rings. The van der Waals surface area contributed by atoms with Crippen molar-refractivity contribution in [3.8, 4) is 5.69 Å². The van der Waals surface area contributed by atoms with Crippen LogP contribution in [0.4, 0.5) is 10.5 Å². The summed E-state index contributed by atoms with van der Waals surface area (Å²) in [6, 6.07) is 15.5. The number of carbonyl (C=O) groups excluding carboxylic acids is 1. The van der Waals surface area contributed by atoms with Gasteiger partial charge in [-0.3, -0.25) is 4.79 Å². The molecule has 0 saturated heterocycles. The summed E-state index contributed by atoms with van der Waals surface area (Å²) in [6.07, 6.45) is 0. The van der Waals surface area contributed by atoms with E-state index >= 15 is 0 Å². The Hall–Kier alpha value is -3.20. The second kappa shape index (κ2) is 7.14. The van der Waals surface area contributed by atoms with E-state index in [0.29, 0.717) is 5.69 Å². The molecule has 1 amide bonds. The van der Waals surface area contributed by atoms with Crippen LogP contribution in [0.15, 0.2) is 59.8 Å². The molecule has 0 fully saturated rings. The summed E-state index contributed by atoms with van der Waals surface area (Å²) in [6.45, 7) is 0. The van der Waals surface area contributed by atoms with Crippen molar-refractivity contribution >= 4 is 28.7 Å². The molecule has 0 aliphatic rings. The highest BCUT2D eigenvalue weighted by atomic mass is 32.2. The standard InChI is InChI=1S/C16H13N5O3S/c1-20(13-10-6-5-9-12(13)14(22)23)16(24)25-15-17-18-19-21(15)11-7-3-2-4-8-11/h2-10H,1H3,(H,22,23). The van der Waals surface area contributed by atoms with Gasteiger partial charge in [0, 0.05) is 18.8 Å². The lowest BCUT2D eigenvalue weighted by Gasteiger charge is -2.18. The second-order valence-electron chi connectivity index (χ2n) is 4.96. The zero-order chi connectivity index (χ0) is 17.8. The molecule has 0 unspecified atom stereocenters. The first kappa shape index (κ1) is 16.7. The number of rotatable bonds is 4. The molecule has 1 aromatic heterocycles. The average Bonchev–Trinajstić information content (AvgIpc) is 3.09. The number of aromatic carboxylic acids is 1. The van der Waals surface area contributed by atoms with Gasteiger partial charge in [0.1, 0.15) is 0 Å². The Morgan fingerprint density at radius 3 is 2.48 bits per heavy atom. The number of hydrogen-bond acceptors (Lipinski definition) is 6.